The van der Waals surface area contributed by atoms with Crippen LogP contribution in [0.2, 0.25) is 5.02 Å². The Bertz CT molecular complexity index is 809. The Kier molecular flexibility index (Phi) is 5.00. The van der Waals surface area contributed by atoms with Crippen LogP contribution in [-0.4, -0.2) is 41.2 Å². The van der Waals surface area contributed by atoms with E-state index in [9.17, 15) is 9.59 Å². The van der Waals surface area contributed by atoms with Gasteiger partial charge in [-0.25, -0.2) is 0 Å². The first-order valence-corrected chi connectivity index (χ1v) is 10.3. The summed E-state index contributed by atoms with van der Waals surface area (Å²) < 4.78 is 0. The molecule has 0 spiro atoms. The molecule has 0 saturated carbocycles. The van der Waals surface area contributed by atoms with Crippen molar-refractivity contribution >= 4 is 34.8 Å². The molecular weight excluding hydrogens is 368 g/mol. The van der Waals surface area contributed by atoms with Crippen LogP contribution in [0.25, 0.3) is 0 Å². The van der Waals surface area contributed by atoms with Crippen molar-refractivity contribution in [2.45, 2.75) is 25.8 Å². The average Bonchev–Trinajstić information content (AvgIpc) is 3.15. The predicted octanol–water partition coefficient (Wildman–Crippen LogP) is 3.84. The highest BCUT2D eigenvalue weighted by atomic mass is 35.5. The third-order valence-corrected chi connectivity index (χ3v) is 6.62. The summed E-state index contributed by atoms with van der Waals surface area (Å²) in [6.07, 6.45) is 2.45. The zero-order valence-electron chi connectivity index (χ0n) is 14.5. The number of hydrogen-bond donors (Lipinski definition) is 0. The fourth-order valence-electron chi connectivity index (χ4n) is 3.80. The minimum absolute atomic E-state index is 0.0217. The van der Waals surface area contributed by atoms with Crippen molar-refractivity contribution in [1.82, 2.24) is 9.80 Å². The first-order valence-electron chi connectivity index (χ1n) is 9.00. The number of amides is 2. The molecular formula is C20H21ClN2O2S. The molecule has 2 aliphatic heterocycles. The van der Waals surface area contributed by atoms with Crippen molar-refractivity contribution in [1.29, 1.82) is 0 Å². The summed E-state index contributed by atoms with van der Waals surface area (Å²) in [5, 5.41) is 2.74. The van der Waals surface area contributed by atoms with Crippen molar-refractivity contribution in [2.24, 2.45) is 5.92 Å². The molecule has 1 aromatic heterocycles. The summed E-state index contributed by atoms with van der Waals surface area (Å²) in [5.74, 6) is 0.304. The third kappa shape index (κ3) is 3.51. The highest BCUT2D eigenvalue weighted by Crippen LogP contribution is 2.27. The van der Waals surface area contributed by atoms with E-state index in [1.807, 2.05) is 9.80 Å². The molecule has 2 aliphatic rings. The SMILES string of the molecule is O=C(c1ccc(Cl)cc1)N1CCC(C(=O)N2CCc3sccc3C2)CC1. The van der Waals surface area contributed by atoms with E-state index < -0.39 is 0 Å². The van der Waals surface area contributed by atoms with Crippen LogP contribution in [-0.2, 0) is 17.8 Å². The van der Waals surface area contributed by atoms with Gasteiger partial charge in [0.25, 0.3) is 5.91 Å². The number of nitrogens with zero attached hydrogens (tertiary/aromatic N) is 2. The number of carbonyl (C=O) groups is 2. The van der Waals surface area contributed by atoms with E-state index in [2.05, 4.69) is 11.4 Å². The zero-order chi connectivity index (χ0) is 18.1. The van der Waals surface area contributed by atoms with E-state index in [1.165, 1.54) is 10.4 Å². The van der Waals surface area contributed by atoms with Crippen LogP contribution >= 0.6 is 22.9 Å². The molecule has 1 saturated heterocycles. The average molecular weight is 389 g/mol. The highest BCUT2D eigenvalue weighted by molar-refractivity contribution is 7.10. The van der Waals surface area contributed by atoms with E-state index >= 15 is 0 Å². The first kappa shape index (κ1) is 17.6. The standard InChI is InChI=1S/C20H21ClN2O2S/c21-17-3-1-14(2-4-17)19(24)22-9-5-15(6-10-22)20(25)23-11-7-18-16(13-23)8-12-26-18/h1-4,8,12,15H,5-7,9-11,13H2. The predicted molar refractivity (Wildman–Crippen MR) is 104 cm³/mol. The van der Waals surface area contributed by atoms with Crippen molar-refractivity contribution in [3.63, 3.8) is 0 Å². The van der Waals surface area contributed by atoms with Gasteiger partial charge in [-0.3, -0.25) is 9.59 Å². The van der Waals surface area contributed by atoms with Gasteiger partial charge in [0.2, 0.25) is 5.91 Å². The molecule has 6 heteroatoms. The van der Waals surface area contributed by atoms with Gasteiger partial charge in [0, 0.05) is 47.6 Å². The second kappa shape index (κ2) is 7.41. The van der Waals surface area contributed by atoms with E-state index in [0.29, 0.717) is 23.7 Å². The third-order valence-electron chi connectivity index (χ3n) is 5.34. The number of likely N-dealkylation sites (tertiary alicyclic amines) is 1. The molecule has 26 heavy (non-hydrogen) atoms. The molecule has 0 atom stereocenters. The van der Waals surface area contributed by atoms with Gasteiger partial charge in [0.1, 0.15) is 0 Å². The Hall–Kier alpha value is -1.85. The molecule has 2 aromatic rings. The lowest BCUT2D eigenvalue weighted by atomic mass is 9.94. The van der Waals surface area contributed by atoms with Crippen LogP contribution in [0.1, 0.15) is 33.6 Å². The van der Waals surface area contributed by atoms with Crippen molar-refractivity contribution in [2.75, 3.05) is 19.6 Å². The molecule has 0 radical (unpaired) electrons. The van der Waals surface area contributed by atoms with Gasteiger partial charge in [-0.1, -0.05) is 11.6 Å². The zero-order valence-corrected chi connectivity index (χ0v) is 16.1. The molecule has 1 fully saturated rings. The Balaban J connectivity index is 1.34. The van der Waals surface area contributed by atoms with E-state index in [-0.39, 0.29) is 17.7 Å². The molecule has 136 valence electrons. The minimum Gasteiger partial charge on any atom is -0.339 e. The number of piperidine rings is 1. The maximum absolute atomic E-state index is 12.9. The molecule has 4 rings (SSSR count). The van der Waals surface area contributed by atoms with Gasteiger partial charge in [-0.05, 0) is 60.5 Å². The summed E-state index contributed by atoms with van der Waals surface area (Å²) in [6, 6.07) is 9.12. The Labute approximate surface area is 162 Å². The highest BCUT2D eigenvalue weighted by Gasteiger charge is 2.32. The second-order valence-electron chi connectivity index (χ2n) is 6.95. The quantitative estimate of drug-likeness (QED) is 0.784. The molecule has 1 aromatic carbocycles. The smallest absolute Gasteiger partial charge is 0.253 e. The lowest BCUT2D eigenvalue weighted by Crippen LogP contribution is -2.45. The van der Waals surface area contributed by atoms with Gasteiger partial charge < -0.3 is 9.80 Å². The van der Waals surface area contributed by atoms with E-state index in [0.717, 1.165) is 32.4 Å². The first-order chi connectivity index (χ1) is 12.6. The van der Waals surface area contributed by atoms with Gasteiger partial charge in [0.05, 0.1) is 0 Å². The number of benzene rings is 1. The van der Waals surface area contributed by atoms with Gasteiger partial charge >= 0.3 is 0 Å². The molecule has 0 N–H and O–H groups in total. The summed E-state index contributed by atoms with van der Waals surface area (Å²) in [5.41, 5.74) is 1.95. The molecule has 0 bridgehead atoms. The van der Waals surface area contributed by atoms with Gasteiger partial charge in [-0.15, -0.1) is 11.3 Å². The normalized spacial score (nSPS) is 17.9. The number of hydrogen-bond acceptors (Lipinski definition) is 3. The maximum Gasteiger partial charge on any atom is 0.253 e. The van der Waals surface area contributed by atoms with Crippen LogP contribution in [0.15, 0.2) is 35.7 Å². The minimum atomic E-state index is 0.0217. The van der Waals surface area contributed by atoms with Crippen molar-refractivity contribution in [3.8, 4) is 0 Å². The fraction of sp³-hybridized carbons (Fsp3) is 0.400. The summed E-state index contributed by atoms with van der Waals surface area (Å²) >= 11 is 7.67. The Morgan fingerprint density at radius 3 is 2.46 bits per heavy atom. The number of carbonyl (C=O) groups excluding carboxylic acids is 2. The van der Waals surface area contributed by atoms with Crippen molar-refractivity contribution < 1.29 is 9.59 Å². The van der Waals surface area contributed by atoms with Crippen LogP contribution in [0, 0.1) is 5.92 Å². The lowest BCUT2D eigenvalue weighted by Gasteiger charge is -2.35. The van der Waals surface area contributed by atoms with Gasteiger partial charge in [0.15, 0.2) is 0 Å². The molecule has 4 nitrogen and oxygen atoms in total. The number of thiophene rings is 1. The number of halogens is 1. The van der Waals surface area contributed by atoms with E-state index in [1.54, 1.807) is 35.6 Å². The molecule has 0 aliphatic carbocycles. The Morgan fingerprint density at radius 2 is 1.73 bits per heavy atom. The summed E-state index contributed by atoms with van der Waals surface area (Å²) in [7, 11) is 0. The largest absolute Gasteiger partial charge is 0.339 e. The van der Waals surface area contributed by atoms with Gasteiger partial charge in [-0.2, -0.15) is 0 Å². The van der Waals surface area contributed by atoms with Crippen molar-refractivity contribution in [3.05, 3.63) is 56.7 Å². The topological polar surface area (TPSA) is 40.6 Å². The summed E-state index contributed by atoms with van der Waals surface area (Å²) in [6.45, 7) is 2.82. The summed E-state index contributed by atoms with van der Waals surface area (Å²) in [4.78, 5) is 30.7. The van der Waals surface area contributed by atoms with E-state index in [4.69, 9.17) is 11.6 Å². The molecule has 2 amide bonds. The second-order valence-corrected chi connectivity index (χ2v) is 8.39. The Morgan fingerprint density at radius 1 is 1.00 bits per heavy atom. The number of fused-ring (bicyclic) bond motifs is 1. The molecule has 0 unspecified atom stereocenters. The monoisotopic (exact) mass is 388 g/mol. The number of rotatable bonds is 2. The van der Waals surface area contributed by atoms with Crippen LogP contribution in [0.4, 0.5) is 0 Å². The van der Waals surface area contributed by atoms with Crippen LogP contribution < -0.4 is 0 Å². The lowest BCUT2D eigenvalue weighted by molar-refractivity contribution is -0.137. The molecule has 3 heterocycles. The maximum atomic E-state index is 12.9. The fourth-order valence-corrected chi connectivity index (χ4v) is 4.82. The van der Waals surface area contributed by atoms with Crippen LogP contribution in [0.5, 0.6) is 0 Å². The van der Waals surface area contributed by atoms with Crippen LogP contribution in [0.3, 0.4) is 0 Å².